The van der Waals surface area contributed by atoms with Crippen LogP contribution in [0.5, 0.6) is 0 Å². The van der Waals surface area contributed by atoms with E-state index in [1.807, 2.05) is 13.8 Å². The van der Waals surface area contributed by atoms with E-state index in [1.165, 1.54) is 12.8 Å². The lowest BCUT2D eigenvalue weighted by Crippen LogP contribution is -2.46. The molecule has 0 bridgehead atoms. The van der Waals surface area contributed by atoms with Gasteiger partial charge in [0, 0.05) is 12.6 Å². The predicted molar refractivity (Wildman–Crippen MR) is 64.3 cm³/mol. The molecule has 1 aliphatic heterocycles. The summed E-state index contributed by atoms with van der Waals surface area (Å²) in [5.41, 5.74) is 0. The van der Waals surface area contributed by atoms with Crippen molar-refractivity contribution in [3.05, 3.63) is 0 Å². The van der Waals surface area contributed by atoms with Gasteiger partial charge in [0.15, 0.2) is 5.79 Å². The minimum atomic E-state index is -0.383. The lowest BCUT2D eigenvalue weighted by molar-refractivity contribution is -0.138. The molecular formula is C13H25NO2. The SMILES string of the molecule is CC(C)C1CC(NCC2COC(C)(C)O2)C1. The van der Waals surface area contributed by atoms with Crippen molar-refractivity contribution in [1.82, 2.24) is 5.32 Å². The first kappa shape index (κ1) is 12.3. The van der Waals surface area contributed by atoms with Gasteiger partial charge in [-0.25, -0.2) is 0 Å². The molecule has 0 amide bonds. The molecule has 2 aliphatic rings. The quantitative estimate of drug-likeness (QED) is 0.798. The van der Waals surface area contributed by atoms with Gasteiger partial charge in [0.25, 0.3) is 0 Å². The fraction of sp³-hybridized carbons (Fsp3) is 1.00. The maximum Gasteiger partial charge on any atom is 0.163 e. The Balaban J connectivity index is 1.60. The molecule has 0 aromatic carbocycles. The van der Waals surface area contributed by atoms with Crippen LogP contribution in [0.25, 0.3) is 0 Å². The van der Waals surface area contributed by atoms with Crippen LogP contribution in [0.1, 0.15) is 40.5 Å². The third kappa shape index (κ3) is 2.96. The number of ether oxygens (including phenoxy) is 2. The van der Waals surface area contributed by atoms with Crippen molar-refractivity contribution < 1.29 is 9.47 Å². The van der Waals surface area contributed by atoms with Gasteiger partial charge >= 0.3 is 0 Å². The molecule has 16 heavy (non-hydrogen) atoms. The van der Waals surface area contributed by atoms with Crippen LogP contribution in [0.2, 0.25) is 0 Å². The Morgan fingerprint density at radius 2 is 2.00 bits per heavy atom. The fourth-order valence-electron chi connectivity index (χ4n) is 2.53. The zero-order chi connectivity index (χ0) is 11.8. The first-order chi connectivity index (χ1) is 7.46. The van der Waals surface area contributed by atoms with E-state index in [9.17, 15) is 0 Å². The Labute approximate surface area is 98.9 Å². The second-order valence-electron chi connectivity index (χ2n) is 6.03. The Morgan fingerprint density at radius 3 is 2.50 bits per heavy atom. The van der Waals surface area contributed by atoms with E-state index in [0.29, 0.717) is 6.04 Å². The van der Waals surface area contributed by atoms with E-state index in [4.69, 9.17) is 9.47 Å². The third-order valence-electron chi connectivity index (χ3n) is 3.82. The largest absolute Gasteiger partial charge is 0.348 e. The summed E-state index contributed by atoms with van der Waals surface area (Å²) in [5, 5.41) is 3.58. The second kappa shape index (κ2) is 4.63. The van der Waals surface area contributed by atoms with Gasteiger partial charge in [-0.3, -0.25) is 0 Å². The number of rotatable bonds is 4. The minimum Gasteiger partial charge on any atom is -0.348 e. The summed E-state index contributed by atoms with van der Waals surface area (Å²) in [7, 11) is 0. The Kier molecular flexibility index (Phi) is 3.57. The smallest absolute Gasteiger partial charge is 0.163 e. The highest BCUT2D eigenvalue weighted by Gasteiger charge is 2.35. The van der Waals surface area contributed by atoms with Crippen LogP contribution in [0, 0.1) is 11.8 Å². The van der Waals surface area contributed by atoms with Gasteiger partial charge in [0.05, 0.1) is 12.7 Å². The molecule has 94 valence electrons. The summed E-state index contributed by atoms with van der Waals surface area (Å²) in [6.45, 7) is 10.2. The van der Waals surface area contributed by atoms with Crippen LogP contribution >= 0.6 is 0 Å². The van der Waals surface area contributed by atoms with Gasteiger partial charge in [-0.05, 0) is 38.5 Å². The van der Waals surface area contributed by atoms with E-state index >= 15 is 0 Å². The molecule has 0 aromatic heterocycles. The molecule has 1 saturated heterocycles. The van der Waals surface area contributed by atoms with E-state index in [0.717, 1.165) is 25.0 Å². The normalized spacial score (nSPS) is 37.7. The molecule has 2 rings (SSSR count). The second-order valence-corrected chi connectivity index (χ2v) is 6.03. The van der Waals surface area contributed by atoms with Crippen LogP contribution in [0.15, 0.2) is 0 Å². The van der Waals surface area contributed by atoms with Gasteiger partial charge in [-0.1, -0.05) is 13.8 Å². The zero-order valence-electron chi connectivity index (χ0n) is 11.0. The maximum absolute atomic E-state index is 5.76. The van der Waals surface area contributed by atoms with Crippen molar-refractivity contribution in [3.63, 3.8) is 0 Å². The fourth-order valence-corrected chi connectivity index (χ4v) is 2.53. The van der Waals surface area contributed by atoms with Crippen LogP contribution < -0.4 is 5.32 Å². The molecule has 1 N–H and O–H groups in total. The van der Waals surface area contributed by atoms with E-state index in [1.54, 1.807) is 0 Å². The highest BCUT2D eigenvalue weighted by atomic mass is 16.7. The molecular weight excluding hydrogens is 202 g/mol. The maximum atomic E-state index is 5.76. The van der Waals surface area contributed by atoms with Gasteiger partial charge in [-0.15, -0.1) is 0 Å². The number of hydrogen-bond acceptors (Lipinski definition) is 3. The summed E-state index contributed by atoms with van der Waals surface area (Å²) in [6.07, 6.45) is 2.89. The van der Waals surface area contributed by atoms with Crippen molar-refractivity contribution in [1.29, 1.82) is 0 Å². The Morgan fingerprint density at radius 1 is 1.31 bits per heavy atom. The van der Waals surface area contributed by atoms with Gasteiger partial charge < -0.3 is 14.8 Å². The van der Waals surface area contributed by atoms with Crippen molar-refractivity contribution in [2.75, 3.05) is 13.2 Å². The lowest BCUT2D eigenvalue weighted by atomic mass is 9.73. The Bertz CT molecular complexity index is 234. The summed E-state index contributed by atoms with van der Waals surface area (Å²) in [5.74, 6) is 1.38. The van der Waals surface area contributed by atoms with Gasteiger partial charge in [-0.2, -0.15) is 0 Å². The number of hydrogen-bond donors (Lipinski definition) is 1. The summed E-state index contributed by atoms with van der Waals surface area (Å²) < 4.78 is 11.3. The van der Waals surface area contributed by atoms with Crippen LogP contribution in [-0.4, -0.2) is 31.1 Å². The molecule has 2 fully saturated rings. The molecule has 1 heterocycles. The van der Waals surface area contributed by atoms with Crippen molar-refractivity contribution in [2.45, 2.75) is 58.5 Å². The molecule has 1 saturated carbocycles. The average Bonchev–Trinajstić information content (AvgIpc) is 2.42. The highest BCUT2D eigenvalue weighted by molar-refractivity contribution is 4.87. The first-order valence-electron chi connectivity index (χ1n) is 6.51. The standard InChI is InChI=1S/C13H25NO2/c1-9(2)10-5-11(6-10)14-7-12-8-15-13(3,4)16-12/h9-12,14H,5-8H2,1-4H3. The van der Waals surface area contributed by atoms with Crippen LogP contribution in [0.4, 0.5) is 0 Å². The minimum absolute atomic E-state index is 0.230. The molecule has 1 atom stereocenters. The van der Waals surface area contributed by atoms with Gasteiger partial charge in [0.2, 0.25) is 0 Å². The third-order valence-corrected chi connectivity index (χ3v) is 3.82. The highest BCUT2D eigenvalue weighted by Crippen LogP contribution is 2.33. The van der Waals surface area contributed by atoms with Crippen LogP contribution in [0.3, 0.4) is 0 Å². The zero-order valence-corrected chi connectivity index (χ0v) is 11.0. The van der Waals surface area contributed by atoms with Crippen molar-refractivity contribution in [3.8, 4) is 0 Å². The van der Waals surface area contributed by atoms with E-state index in [2.05, 4.69) is 19.2 Å². The molecule has 3 heteroatoms. The van der Waals surface area contributed by atoms with Gasteiger partial charge in [0.1, 0.15) is 0 Å². The summed E-state index contributed by atoms with van der Waals surface area (Å²) in [4.78, 5) is 0. The molecule has 3 nitrogen and oxygen atoms in total. The van der Waals surface area contributed by atoms with Crippen LogP contribution in [-0.2, 0) is 9.47 Å². The van der Waals surface area contributed by atoms with E-state index in [-0.39, 0.29) is 11.9 Å². The van der Waals surface area contributed by atoms with E-state index < -0.39 is 0 Å². The summed E-state index contributed by atoms with van der Waals surface area (Å²) >= 11 is 0. The summed E-state index contributed by atoms with van der Waals surface area (Å²) in [6, 6.07) is 0.708. The molecule has 0 aromatic rings. The number of nitrogens with one attached hydrogen (secondary N) is 1. The topological polar surface area (TPSA) is 30.5 Å². The molecule has 0 spiro atoms. The predicted octanol–water partition coefficient (Wildman–Crippen LogP) is 2.16. The Hall–Kier alpha value is -0.120. The first-order valence-corrected chi connectivity index (χ1v) is 6.51. The average molecular weight is 227 g/mol. The molecule has 0 radical (unpaired) electrons. The monoisotopic (exact) mass is 227 g/mol. The van der Waals surface area contributed by atoms with Crippen molar-refractivity contribution in [2.24, 2.45) is 11.8 Å². The van der Waals surface area contributed by atoms with Crippen molar-refractivity contribution >= 4 is 0 Å². The lowest BCUT2D eigenvalue weighted by Gasteiger charge is -2.39. The molecule has 1 aliphatic carbocycles. The molecule has 1 unspecified atom stereocenters.